The summed E-state index contributed by atoms with van der Waals surface area (Å²) in [4.78, 5) is 2.36. The zero-order chi connectivity index (χ0) is 8.10. The molecule has 2 heteroatoms. The van der Waals surface area contributed by atoms with Crippen molar-refractivity contribution >= 4 is 0 Å². The molecule has 1 aliphatic rings. The van der Waals surface area contributed by atoms with Gasteiger partial charge in [0.25, 0.3) is 0 Å². The molecule has 1 fully saturated rings. The second-order valence-corrected chi connectivity index (χ2v) is 3.48. The average Bonchev–Trinajstić information content (AvgIpc) is 2.81. The van der Waals surface area contributed by atoms with Crippen molar-refractivity contribution in [3.8, 4) is 0 Å². The number of nitrogens with one attached hydrogen (secondary N) is 1. The largest absolute Gasteiger partial charge is 0.314 e. The Morgan fingerprint density at radius 3 is 2.73 bits per heavy atom. The summed E-state index contributed by atoms with van der Waals surface area (Å²) in [6.45, 7) is 5.81. The minimum absolute atomic E-state index is 0.877. The van der Waals surface area contributed by atoms with E-state index in [0.717, 1.165) is 6.04 Å². The summed E-state index contributed by atoms with van der Waals surface area (Å²) in [7, 11) is 2.18. The maximum absolute atomic E-state index is 3.51. The molecule has 1 rings (SSSR count). The lowest BCUT2D eigenvalue weighted by atomic mass is 10.4. The molecule has 0 aromatic rings. The van der Waals surface area contributed by atoms with Crippen LogP contribution in [0.2, 0.25) is 0 Å². The van der Waals surface area contributed by atoms with Crippen molar-refractivity contribution in [1.82, 2.24) is 10.2 Å². The zero-order valence-electron chi connectivity index (χ0n) is 7.77. The summed E-state index contributed by atoms with van der Waals surface area (Å²) >= 11 is 0. The van der Waals surface area contributed by atoms with E-state index in [1.807, 2.05) is 0 Å². The summed E-state index contributed by atoms with van der Waals surface area (Å²) in [5.41, 5.74) is 0. The number of hydrogen-bond acceptors (Lipinski definition) is 2. The molecule has 0 amide bonds. The molecule has 0 aromatic heterocycles. The standard InChI is InChI=1S/C9H20N2/c1-3-11(2)8-4-7-10-9-5-6-9/h9-10H,3-8H2,1-2H3. The predicted octanol–water partition coefficient (Wildman–Crippen LogP) is 1.08. The molecule has 0 aliphatic heterocycles. The van der Waals surface area contributed by atoms with Crippen molar-refractivity contribution in [3.63, 3.8) is 0 Å². The van der Waals surface area contributed by atoms with E-state index in [2.05, 4.69) is 24.2 Å². The molecule has 1 N–H and O–H groups in total. The SMILES string of the molecule is CCN(C)CCCNC1CC1. The van der Waals surface area contributed by atoms with Crippen LogP contribution in [0.25, 0.3) is 0 Å². The molecule has 11 heavy (non-hydrogen) atoms. The van der Waals surface area contributed by atoms with Gasteiger partial charge in [-0.25, -0.2) is 0 Å². The molecule has 1 aliphatic carbocycles. The summed E-state index contributed by atoms with van der Waals surface area (Å²) in [6, 6.07) is 0.877. The van der Waals surface area contributed by atoms with Gasteiger partial charge < -0.3 is 10.2 Å². The Labute approximate surface area is 70.0 Å². The van der Waals surface area contributed by atoms with Crippen molar-refractivity contribution < 1.29 is 0 Å². The van der Waals surface area contributed by atoms with Crippen molar-refractivity contribution in [1.29, 1.82) is 0 Å². The van der Waals surface area contributed by atoms with Gasteiger partial charge in [-0.15, -0.1) is 0 Å². The van der Waals surface area contributed by atoms with Gasteiger partial charge in [0.1, 0.15) is 0 Å². The van der Waals surface area contributed by atoms with Gasteiger partial charge >= 0.3 is 0 Å². The summed E-state index contributed by atoms with van der Waals surface area (Å²) < 4.78 is 0. The van der Waals surface area contributed by atoms with Crippen LogP contribution in [0.3, 0.4) is 0 Å². The van der Waals surface area contributed by atoms with Gasteiger partial charge in [-0.05, 0) is 45.9 Å². The fourth-order valence-electron chi connectivity index (χ4n) is 1.10. The summed E-state index contributed by atoms with van der Waals surface area (Å²) in [5, 5.41) is 3.51. The van der Waals surface area contributed by atoms with E-state index in [1.165, 1.54) is 38.9 Å². The molecular formula is C9H20N2. The molecule has 2 nitrogen and oxygen atoms in total. The Hall–Kier alpha value is -0.0800. The van der Waals surface area contributed by atoms with E-state index in [-0.39, 0.29) is 0 Å². The third kappa shape index (κ3) is 4.38. The second kappa shape index (κ2) is 4.73. The van der Waals surface area contributed by atoms with Crippen molar-refractivity contribution in [3.05, 3.63) is 0 Å². The molecule has 0 aromatic carbocycles. The third-order valence-corrected chi connectivity index (χ3v) is 2.27. The molecule has 0 saturated heterocycles. The number of rotatable bonds is 6. The van der Waals surface area contributed by atoms with Crippen molar-refractivity contribution in [2.24, 2.45) is 0 Å². The van der Waals surface area contributed by atoms with Gasteiger partial charge in [0, 0.05) is 6.04 Å². The Kier molecular flexibility index (Phi) is 3.87. The Bertz CT molecular complexity index is 99.7. The molecule has 0 radical (unpaired) electrons. The highest BCUT2D eigenvalue weighted by Gasteiger charge is 2.19. The first-order chi connectivity index (χ1) is 5.33. The van der Waals surface area contributed by atoms with Crippen LogP contribution < -0.4 is 5.32 Å². The average molecular weight is 156 g/mol. The van der Waals surface area contributed by atoms with E-state index in [0.29, 0.717) is 0 Å². The first kappa shape index (κ1) is 9.01. The molecule has 66 valence electrons. The maximum atomic E-state index is 3.51. The normalized spacial score (nSPS) is 17.7. The third-order valence-electron chi connectivity index (χ3n) is 2.27. The highest BCUT2D eigenvalue weighted by atomic mass is 15.1. The lowest BCUT2D eigenvalue weighted by molar-refractivity contribution is 0.344. The Morgan fingerprint density at radius 1 is 1.45 bits per heavy atom. The minimum Gasteiger partial charge on any atom is -0.314 e. The van der Waals surface area contributed by atoms with Crippen LogP contribution in [0.1, 0.15) is 26.2 Å². The fraction of sp³-hybridized carbons (Fsp3) is 1.00. The molecule has 1 saturated carbocycles. The van der Waals surface area contributed by atoms with E-state index < -0.39 is 0 Å². The van der Waals surface area contributed by atoms with Gasteiger partial charge in [0.05, 0.1) is 0 Å². The van der Waals surface area contributed by atoms with Crippen LogP contribution in [-0.2, 0) is 0 Å². The highest BCUT2D eigenvalue weighted by Crippen LogP contribution is 2.18. The van der Waals surface area contributed by atoms with Crippen LogP contribution in [0.15, 0.2) is 0 Å². The van der Waals surface area contributed by atoms with Crippen LogP contribution in [-0.4, -0.2) is 37.6 Å². The summed E-state index contributed by atoms with van der Waals surface area (Å²) in [5.74, 6) is 0. The Morgan fingerprint density at radius 2 is 2.18 bits per heavy atom. The van der Waals surface area contributed by atoms with Gasteiger partial charge in [0.15, 0.2) is 0 Å². The van der Waals surface area contributed by atoms with Crippen LogP contribution in [0, 0.1) is 0 Å². The first-order valence-electron chi connectivity index (χ1n) is 4.75. The van der Waals surface area contributed by atoms with Gasteiger partial charge in [-0.2, -0.15) is 0 Å². The predicted molar refractivity (Wildman–Crippen MR) is 48.8 cm³/mol. The minimum atomic E-state index is 0.877. The van der Waals surface area contributed by atoms with Gasteiger partial charge in [-0.1, -0.05) is 6.92 Å². The van der Waals surface area contributed by atoms with Crippen LogP contribution >= 0.6 is 0 Å². The smallest absolute Gasteiger partial charge is 0.00682 e. The van der Waals surface area contributed by atoms with E-state index in [1.54, 1.807) is 0 Å². The van der Waals surface area contributed by atoms with E-state index in [4.69, 9.17) is 0 Å². The molecule has 0 spiro atoms. The summed E-state index contributed by atoms with van der Waals surface area (Å²) in [6.07, 6.45) is 4.11. The highest BCUT2D eigenvalue weighted by molar-refractivity contribution is 4.80. The van der Waals surface area contributed by atoms with Crippen molar-refractivity contribution in [2.75, 3.05) is 26.7 Å². The monoisotopic (exact) mass is 156 g/mol. The molecular weight excluding hydrogens is 136 g/mol. The molecule has 0 bridgehead atoms. The number of nitrogens with zero attached hydrogens (tertiary/aromatic N) is 1. The van der Waals surface area contributed by atoms with Gasteiger partial charge in [-0.3, -0.25) is 0 Å². The zero-order valence-corrected chi connectivity index (χ0v) is 7.77. The molecule has 0 heterocycles. The van der Waals surface area contributed by atoms with Crippen LogP contribution in [0.4, 0.5) is 0 Å². The topological polar surface area (TPSA) is 15.3 Å². The maximum Gasteiger partial charge on any atom is 0.00682 e. The molecule has 0 unspecified atom stereocenters. The fourth-order valence-corrected chi connectivity index (χ4v) is 1.10. The lowest BCUT2D eigenvalue weighted by Gasteiger charge is -2.13. The quantitative estimate of drug-likeness (QED) is 0.579. The first-order valence-corrected chi connectivity index (χ1v) is 4.75. The number of hydrogen-bond donors (Lipinski definition) is 1. The molecule has 0 atom stereocenters. The van der Waals surface area contributed by atoms with E-state index in [9.17, 15) is 0 Å². The van der Waals surface area contributed by atoms with Gasteiger partial charge in [0.2, 0.25) is 0 Å². The van der Waals surface area contributed by atoms with Crippen LogP contribution in [0.5, 0.6) is 0 Å². The van der Waals surface area contributed by atoms with Crippen molar-refractivity contribution in [2.45, 2.75) is 32.2 Å². The second-order valence-electron chi connectivity index (χ2n) is 3.48. The lowest BCUT2D eigenvalue weighted by Crippen LogP contribution is -2.24. The van der Waals surface area contributed by atoms with E-state index >= 15 is 0 Å². The Balaban J connectivity index is 1.79.